The summed E-state index contributed by atoms with van der Waals surface area (Å²) in [6.07, 6.45) is 2.02. The SMILES string of the molecule is Cc1ncnc2c1ncn2[C@@H]1C2C[C@@]2(CO)[C@@H](O)[C@H]1O. The number of aliphatic hydroxyl groups excluding tert-OH is 3. The number of rotatable bonds is 2. The summed E-state index contributed by atoms with van der Waals surface area (Å²) in [5.74, 6) is 0.0603. The number of hydrogen-bond donors (Lipinski definition) is 3. The van der Waals surface area contributed by atoms with Crippen molar-refractivity contribution in [3.63, 3.8) is 0 Å². The van der Waals surface area contributed by atoms with Crippen LogP contribution in [0.25, 0.3) is 11.2 Å². The second kappa shape index (κ2) is 3.75. The molecule has 2 aromatic rings. The first-order chi connectivity index (χ1) is 9.60. The summed E-state index contributed by atoms with van der Waals surface area (Å²) >= 11 is 0. The molecule has 0 saturated heterocycles. The van der Waals surface area contributed by atoms with Crippen molar-refractivity contribution in [3.05, 3.63) is 18.3 Å². The molecule has 3 N–H and O–H groups in total. The Balaban J connectivity index is 1.83. The number of imidazole rings is 1. The van der Waals surface area contributed by atoms with Gasteiger partial charge in [-0.3, -0.25) is 0 Å². The number of aryl methyl sites for hydroxylation is 1. The molecule has 2 saturated carbocycles. The summed E-state index contributed by atoms with van der Waals surface area (Å²) in [6.45, 7) is 1.75. The van der Waals surface area contributed by atoms with E-state index in [1.165, 1.54) is 6.33 Å². The Labute approximate surface area is 114 Å². The molecule has 0 amide bonds. The molecule has 106 valence electrons. The van der Waals surface area contributed by atoms with E-state index in [9.17, 15) is 15.3 Å². The minimum Gasteiger partial charge on any atom is -0.396 e. The van der Waals surface area contributed by atoms with Gasteiger partial charge in [0.15, 0.2) is 5.65 Å². The normalized spacial score (nSPS) is 39.2. The fourth-order valence-corrected chi connectivity index (χ4v) is 3.74. The van der Waals surface area contributed by atoms with Gasteiger partial charge in [0, 0.05) is 5.41 Å². The Morgan fingerprint density at radius 2 is 2.15 bits per heavy atom. The molecule has 0 bridgehead atoms. The van der Waals surface area contributed by atoms with Crippen molar-refractivity contribution in [2.24, 2.45) is 11.3 Å². The Hall–Kier alpha value is -1.57. The van der Waals surface area contributed by atoms with Crippen molar-refractivity contribution in [1.82, 2.24) is 19.5 Å². The van der Waals surface area contributed by atoms with Gasteiger partial charge in [-0.05, 0) is 19.3 Å². The van der Waals surface area contributed by atoms with E-state index in [1.54, 1.807) is 6.33 Å². The number of hydrogen-bond acceptors (Lipinski definition) is 6. The standard InChI is InChI=1S/C13H16N4O3/c1-6-8-12(15-4-14-6)17(5-16-8)9-7-2-13(7,3-18)11(20)10(9)19/h4-5,7,9-11,18-20H,2-3H2,1H3/t7?,9-,10+,11+,13+/m1/s1. The van der Waals surface area contributed by atoms with Gasteiger partial charge in [0.1, 0.15) is 17.9 Å². The Morgan fingerprint density at radius 1 is 1.35 bits per heavy atom. The van der Waals surface area contributed by atoms with Gasteiger partial charge in [0.25, 0.3) is 0 Å². The maximum absolute atomic E-state index is 10.3. The van der Waals surface area contributed by atoms with Crippen LogP contribution in [0, 0.1) is 18.3 Å². The van der Waals surface area contributed by atoms with E-state index in [0.29, 0.717) is 11.2 Å². The summed E-state index contributed by atoms with van der Waals surface area (Å²) in [7, 11) is 0. The lowest BCUT2D eigenvalue weighted by Crippen LogP contribution is -2.35. The van der Waals surface area contributed by atoms with E-state index in [1.807, 2.05) is 11.5 Å². The van der Waals surface area contributed by atoms with E-state index < -0.39 is 17.6 Å². The molecular weight excluding hydrogens is 260 g/mol. The molecule has 5 atom stereocenters. The summed E-state index contributed by atoms with van der Waals surface area (Å²) in [5.41, 5.74) is 1.60. The van der Waals surface area contributed by atoms with Crippen LogP contribution in [0.1, 0.15) is 18.2 Å². The molecule has 2 aliphatic carbocycles. The van der Waals surface area contributed by atoms with Crippen molar-refractivity contribution in [2.45, 2.75) is 31.6 Å². The highest BCUT2D eigenvalue weighted by molar-refractivity contribution is 5.73. The van der Waals surface area contributed by atoms with Crippen LogP contribution in [0.15, 0.2) is 12.7 Å². The van der Waals surface area contributed by atoms with Crippen LogP contribution < -0.4 is 0 Å². The van der Waals surface area contributed by atoms with E-state index in [4.69, 9.17) is 0 Å². The first-order valence-electron chi connectivity index (χ1n) is 6.71. The van der Waals surface area contributed by atoms with E-state index in [0.717, 1.165) is 12.1 Å². The zero-order chi connectivity index (χ0) is 14.1. The van der Waals surface area contributed by atoms with E-state index in [2.05, 4.69) is 15.0 Å². The monoisotopic (exact) mass is 276 g/mol. The number of fused-ring (bicyclic) bond motifs is 2. The number of nitrogens with zero attached hydrogens (tertiary/aromatic N) is 4. The third kappa shape index (κ3) is 1.27. The maximum Gasteiger partial charge on any atom is 0.163 e. The zero-order valence-electron chi connectivity index (χ0n) is 11.0. The van der Waals surface area contributed by atoms with Crippen LogP contribution in [0.4, 0.5) is 0 Å². The predicted octanol–water partition coefficient (Wildman–Crippen LogP) is -0.590. The third-order valence-electron chi connectivity index (χ3n) is 5.01. The minimum absolute atomic E-state index is 0.0603. The molecule has 7 nitrogen and oxygen atoms in total. The molecule has 0 aromatic carbocycles. The lowest BCUT2D eigenvalue weighted by Gasteiger charge is -2.23. The van der Waals surface area contributed by atoms with Gasteiger partial charge in [0.05, 0.1) is 30.8 Å². The quantitative estimate of drug-likeness (QED) is 0.677. The Morgan fingerprint density at radius 3 is 2.85 bits per heavy atom. The minimum atomic E-state index is -0.909. The molecule has 2 heterocycles. The largest absolute Gasteiger partial charge is 0.396 e. The second-order valence-electron chi connectivity index (χ2n) is 5.91. The molecule has 0 spiro atoms. The van der Waals surface area contributed by atoms with Crippen molar-refractivity contribution >= 4 is 11.2 Å². The molecule has 4 rings (SSSR count). The van der Waals surface area contributed by atoms with Crippen LogP contribution in [0.3, 0.4) is 0 Å². The lowest BCUT2D eigenvalue weighted by atomic mass is 10.0. The average Bonchev–Trinajstić information content (AvgIpc) is 2.95. The van der Waals surface area contributed by atoms with E-state index in [-0.39, 0.29) is 18.6 Å². The zero-order valence-corrected chi connectivity index (χ0v) is 11.0. The molecule has 2 aliphatic rings. The average molecular weight is 276 g/mol. The van der Waals surface area contributed by atoms with Crippen LogP contribution in [0.5, 0.6) is 0 Å². The third-order valence-corrected chi connectivity index (χ3v) is 5.01. The number of aliphatic hydroxyl groups is 3. The molecule has 0 aliphatic heterocycles. The lowest BCUT2D eigenvalue weighted by molar-refractivity contribution is -0.0300. The molecular formula is C13H16N4O3. The van der Waals surface area contributed by atoms with Crippen LogP contribution >= 0.6 is 0 Å². The molecule has 2 aromatic heterocycles. The highest BCUT2D eigenvalue weighted by Gasteiger charge is 2.71. The van der Waals surface area contributed by atoms with Gasteiger partial charge >= 0.3 is 0 Å². The molecule has 2 fully saturated rings. The summed E-state index contributed by atoms with van der Waals surface area (Å²) in [6, 6.07) is -0.295. The topological polar surface area (TPSA) is 104 Å². The van der Waals surface area contributed by atoms with Gasteiger partial charge in [-0.15, -0.1) is 0 Å². The van der Waals surface area contributed by atoms with Crippen molar-refractivity contribution in [2.75, 3.05) is 6.61 Å². The predicted molar refractivity (Wildman–Crippen MR) is 68.7 cm³/mol. The molecule has 20 heavy (non-hydrogen) atoms. The highest BCUT2D eigenvalue weighted by Crippen LogP contribution is 2.67. The van der Waals surface area contributed by atoms with Gasteiger partial charge in [0.2, 0.25) is 0 Å². The van der Waals surface area contributed by atoms with Crippen molar-refractivity contribution < 1.29 is 15.3 Å². The fraction of sp³-hybridized carbons (Fsp3) is 0.615. The van der Waals surface area contributed by atoms with Gasteiger partial charge in [-0.25, -0.2) is 15.0 Å². The molecule has 0 radical (unpaired) electrons. The smallest absolute Gasteiger partial charge is 0.163 e. The molecule has 7 heteroatoms. The maximum atomic E-state index is 10.3. The van der Waals surface area contributed by atoms with Crippen LogP contribution in [-0.4, -0.2) is 53.7 Å². The highest BCUT2D eigenvalue weighted by atomic mass is 16.3. The summed E-state index contributed by atoms with van der Waals surface area (Å²) in [4.78, 5) is 12.6. The second-order valence-corrected chi connectivity index (χ2v) is 5.91. The van der Waals surface area contributed by atoms with Crippen molar-refractivity contribution in [3.8, 4) is 0 Å². The summed E-state index contributed by atoms with van der Waals surface area (Å²) in [5, 5.41) is 30.0. The number of aromatic nitrogens is 4. The summed E-state index contributed by atoms with van der Waals surface area (Å²) < 4.78 is 1.81. The van der Waals surface area contributed by atoms with Gasteiger partial charge in [-0.2, -0.15) is 0 Å². The Bertz CT molecular complexity index is 687. The van der Waals surface area contributed by atoms with Crippen LogP contribution in [-0.2, 0) is 0 Å². The van der Waals surface area contributed by atoms with Gasteiger partial charge < -0.3 is 19.9 Å². The first-order valence-corrected chi connectivity index (χ1v) is 6.71. The van der Waals surface area contributed by atoms with Crippen LogP contribution in [0.2, 0.25) is 0 Å². The first kappa shape index (κ1) is 12.2. The fourth-order valence-electron chi connectivity index (χ4n) is 3.74. The van der Waals surface area contributed by atoms with Gasteiger partial charge in [-0.1, -0.05) is 0 Å². The van der Waals surface area contributed by atoms with E-state index >= 15 is 0 Å². The van der Waals surface area contributed by atoms with Crippen molar-refractivity contribution in [1.29, 1.82) is 0 Å². The molecule has 1 unspecified atom stereocenters. The Kier molecular flexibility index (Phi) is 2.28.